The Morgan fingerprint density at radius 3 is 1.65 bits per heavy atom. The summed E-state index contributed by atoms with van der Waals surface area (Å²) >= 11 is 0. The number of fused-ring (bicyclic) bond motifs is 1. The molecule has 1 aromatic heterocycles. The van der Waals surface area contributed by atoms with Crippen molar-refractivity contribution in [3.8, 4) is 23.8 Å². The summed E-state index contributed by atoms with van der Waals surface area (Å²) in [7, 11) is 80.5. The Kier molecular flexibility index (Phi) is 9.91. The standard InChI is InChI=1S/C22H9B14N3O4/c1-2-10-4-3-5-11(6-10)39-16-12-7-14(40-17(23,24)19(27,28)42-21(31,32)33)15(8-13(12)37-9-38-16)41-18(25,26)20(29,30)43-22(34,35)36/h1,3-9H,(H,37,38,39). The summed E-state index contributed by atoms with van der Waals surface area (Å²) in [5.74, 6) is 2.08. The van der Waals surface area contributed by atoms with Crippen molar-refractivity contribution in [2.45, 2.75) is 32.2 Å². The third-order valence-electron chi connectivity index (χ3n) is 5.46. The first-order valence-corrected chi connectivity index (χ1v) is 11.9. The molecule has 0 atom stereocenters. The van der Waals surface area contributed by atoms with Crippen LogP contribution < -0.4 is 14.8 Å². The Bertz CT molecular complexity index is 1520. The molecule has 0 aliphatic rings. The molecule has 2 aromatic carbocycles. The molecule has 0 saturated carbocycles. The van der Waals surface area contributed by atoms with Gasteiger partial charge in [-0.3, -0.25) is 0 Å². The number of benzene rings is 2. The Morgan fingerprint density at radius 2 is 1.16 bits per heavy atom. The summed E-state index contributed by atoms with van der Waals surface area (Å²) in [6.07, 6.45) is 6.74. The molecule has 0 amide bonds. The lowest BCUT2D eigenvalue weighted by Gasteiger charge is -2.50. The number of nitrogens with zero attached hydrogens (tertiary/aromatic N) is 2. The van der Waals surface area contributed by atoms with Gasteiger partial charge in [-0.25, -0.2) is 9.97 Å². The van der Waals surface area contributed by atoms with E-state index in [0.29, 0.717) is 16.6 Å². The SMILES string of the molecule is [B]C([B])([B])OC([B])([B])C([B])([B])Oc1cc2ncnc(Nc3cccc(C#C)c3)c2cc1OC([B])([B])C([B])([B])OC([B])([B])[B]. The lowest BCUT2D eigenvalue weighted by molar-refractivity contribution is -0.00718. The topological polar surface area (TPSA) is 74.7 Å². The minimum Gasteiger partial charge on any atom is -0.502 e. The van der Waals surface area contributed by atoms with Gasteiger partial charge in [0.15, 0.2) is 11.5 Å². The van der Waals surface area contributed by atoms with E-state index in [4.69, 9.17) is 135 Å². The molecule has 1 N–H and O–H groups in total. The van der Waals surface area contributed by atoms with Gasteiger partial charge in [-0.2, -0.15) is 0 Å². The van der Waals surface area contributed by atoms with Crippen molar-refractivity contribution in [1.29, 1.82) is 0 Å². The van der Waals surface area contributed by atoms with E-state index in [9.17, 15) is 0 Å². The molecule has 0 saturated heterocycles. The van der Waals surface area contributed by atoms with E-state index >= 15 is 0 Å². The highest BCUT2D eigenvalue weighted by Gasteiger charge is 2.43. The van der Waals surface area contributed by atoms with Gasteiger partial charge < -0.3 is 24.3 Å². The van der Waals surface area contributed by atoms with Crippen LogP contribution in [-0.2, 0) is 9.47 Å². The van der Waals surface area contributed by atoms with Crippen molar-refractivity contribution in [2.24, 2.45) is 0 Å². The van der Waals surface area contributed by atoms with E-state index in [1.165, 1.54) is 18.5 Å². The number of hydrogen-bond acceptors (Lipinski definition) is 7. The van der Waals surface area contributed by atoms with Crippen LogP contribution in [0.5, 0.6) is 11.5 Å². The van der Waals surface area contributed by atoms with E-state index in [0.717, 1.165) is 0 Å². The van der Waals surface area contributed by atoms with Crippen LogP contribution in [0, 0.1) is 12.3 Å². The molecule has 28 radical (unpaired) electrons. The highest BCUT2D eigenvalue weighted by Crippen LogP contribution is 2.40. The van der Waals surface area contributed by atoms with Crippen molar-refractivity contribution in [3.63, 3.8) is 0 Å². The highest BCUT2D eigenvalue weighted by molar-refractivity contribution is 6.60. The van der Waals surface area contributed by atoms with Gasteiger partial charge in [0.2, 0.25) is 0 Å². The van der Waals surface area contributed by atoms with E-state index < -0.39 is 32.2 Å². The van der Waals surface area contributed by atoms with Crippen LogP contribution in [0.3, 0.4) is 0 Å². The highest BCUT2D eigenvalue weighted by atomic mass is 16.6. The van der Waals surface area contributed by atoms with Crippen molar-refractivity contribution in [1.82, 2.24) is 9.97 Å². The normalized spacial score (nSPS) is 13.2. The van der Waals surface area contributed by atoms with Crippen LogP contribution in [0.15, 0.2) is 42.7 Å². The molecule has 0 aliphatic heterocycles. The molecule has 0 spiro atoms. The maximum atomic E-state index is 6.08. The zero-order valence-electron chi connectivity index (χ0n) is 22.7. The van der Waals surface area contributed by atoms with Gasteiger partial charge in [0.1, 0.15) is 74.9 Å². The number of nitrogens with one attached hydrogen (secondary N) is 1. The molecule has 1 heterocycles. The van der Waals surface area contributed by atoms with Crippen molar-refractivity contribution in [3.05, 3.63) is 48.3 Å². The molecule has 21 heteroatoms. The molecule has 178 valence electrons. The van der Waals surface area contributed by atoms with Crippen LogP contribution in [0.1, 0.15) is 5.56 Å². The monoisotopic (exact) mass is 533 g/mol. The Hall–Kier alpha value is -2.43. The number of ether oxygens (including phenoxy) is 4. The molecular weight excluding hydrogens is 522 g/mol. The predicted molar refractivity (Wildman–Crippen MR) is 178 cm³/mol. The first kappa shape index (κ1) is 35.1. The number of rotatable bonds is 12. The van der Waals surface area contributed by atoms with Crippen LogP contribution in [0.25, 0.3) is 10.9 Å². The summed E-state index contributed by atoms with van der Waals surface area (Å²) in [5.41, 5.74) is 1.41. The van der Waals surface area contributed by atoms with Crippen molar-refractivity contribution < 1.29 is 18.9 Å². The first-order valence-electron chi connectivity index (χ1n) is 11.9. The van der Waals surface area contributed by atoms with E-state index in [-0.39, 0.29) is 22.8 Å². The maximum absolute atomic E-state index is 6.08. The zero-order valence-corrected chi connectivity index (χ0v) is 22.7. The number of terminal acetylenes is 1. The third-order valence-corrected chi connectivity index (χ3v) is 5.46. The van der Waals surface area contributed by atoms with Crippen LogP contribution in [-0.4, -0.2) is 152 Å². The second kappa shape index (κ2) is 12.2. The fourth-order valence-corrected chi connectivity index (χ4v) is 3.41. The van der Waals surface area contributed by atoms with E-state index in [2.05, 4.69) is 21.2 Å². The number of anilines is 2. The summed E-state index contributed by atoms with van der Waals surface area (Å²) in [6.45, 7) is 0. The molecule has 0 fully saturated rings. The van der Waals surface area contributed by atoms with Crippen molar-refractivity contribution in [2.75, 3.05) is 5.32 Å². The molecule has 43 heavy (non-hydrogen) atoms. The van der Waals surface area contributed by atoms with Crippen molar-refractivity contribution >= 4 is 132 Å². The lowest BCUT2D eigenvalue weighted by Crippen LogP contribution is -2.66. The quantitative estimate of drug-likeness (QED) is 0.191. The molecule has 3 rings (SSSR count). The number of aromatic nitrogens is 2. The fourth-order valence-electron chi connectivity index (χ4n) is 3.41. The minimum atomic E-state index is -2.65. The maximum Gasteiger partial charge on any atom is 0.161 e. The molecule has 0 unspecified atom stereocenters. The van der Waals surface area contributed by atoms with E-state index in [1.807, 2.05) is 0 Å². The predicted octanol–water partition coefficient (Wildman–Crippen LogP) is -3.66. The Labute approximate surface area is 270 Å². The van der Waals surface area contributed by atoms with Gasteiger partial charge in [0.05, 0.1) is 52.6 Å². The number of hydrogen-bond donors (Lipinski definition) is 1. The third kappa shape index (κ3) is 8.82. The van der Waals surface area contributed by atoms with Crippen LogP contribution in [0.2, 0.25) is 0 Å². The van der Waals surface area contributed by atoms with Gasteiger partial charge in [-0.15, -0.1) is 6.42 Å². The second-order valence-electron chi connectivity index (χ2n) is 9.68. The largest absolute Gasteiger partial charge is 0.502 e. The lowest BCUT2D eigenvalue weighted by atomic mass is 9.40. The van der Waals surface area contributed by atoms with Gasteiger partial charge in [-0.1, -0.05) is 12.0 Å². The minimum absolute atomic E-state index is 0.225. The summed E-state index contributed by atoms with van der Waals surface area (Å²) in [4.78, 5) is 8.49. The molecule has 7 nitrogen and oxygen atoms in total. The molecule has 0 bridgehead atoms. The molecular formula is C22H9B14N3O4. The Balaban J connectivity index is 2.18. The Morgan fingerprint density at radius 1 is 0.651 bits per heavy atom. The van der Waals surface area contributed by atoms with Gasteiger partial charge >= 0.3 is 0 Å². The smallest absolute Gasteiger partial charge is 0.161 e. The van der Waals surface area contributed by atoms with Gasteiger partial charge in [0, 0.05) is 44.3 Å². The fraction of sp³-hybridized carbons (Fsp3) is 0.273. The average molecular weight is 531 g/mol. The summed E-state index contributed by atoms with van der Waals surface area (Å²) in [6, 6.07) is 9.49. The molecule has 0 aliphatic carbocycles. The first-order chi connectivity index (χ1) is 19.5. The van der Waals surface area contributed by atoms with Crippen LogP contribution >= 0.6 is 0 Å². The van der Waals surface area contributed by atoms with Gasteiger partial charge in [-0.05, 0) is 34.9 Å². The summed E-state index contributed by atoms with van der Waals surface area (Å²) in [5, 5.41) is -11.9. The second-order valence-corrected chi connectivity index (χ2v) is 9.68. The summed E-state index contributed by atoms with van der Waals surface area (Å²) < 4.78 is 21.4. The van der Waals surface area contributed by atoms with Crippen LogP contribution in [0.4, 0.5) is 11.5 Å². The zero-order chi connectivity index (χ0) is 32.6. The van der Waals surface area contributed by atoms with E-state index in [1.54, 1.807) is 24.3 Å². The molecule has 3 aromatic rings. The van der Waals surface area contributed by atoms with Gasteiger partial charge in [0.25, 0.3) is 0 Å². The average Bonchev–Trinajstić information content (AvgIpc) is 2.81.